The summed E-state index contributed by atoms with van der Waals surface area (Å²) in [7, 11) is 0. The second-order valence-electron chi connectivity index (χ2n) is 3.30. The molecule has 0 bridgehead atoms. The first-order chi connectivity index (χ1) is 7.06. The van der Waals surface area contributed by atoms with Gasteiger partial charge in [0.15, 0.2) is 6.23 Å². The fourth-order valence-electron chi connectivity index (χ4n) is 1.01. The lowest BCUT2D eigenvalue weighted by atomic mass is 10.3. The van der Waals surface area contributed by atoms with Crippen LogP contribution in [-0.4, -0.2) is 40.8 Å². The van der Waals surface area contributed by atoms with Crippen molar-refractivity contribution in [2.75, 3.05) is 13.5 Å². The molecule has 0 aliphatic rings. The molecule has 0 radical (unpaired) electrons. The highest BCUT2D eigenvalue weighted by Crippen LogP contribution is 2.09. The van der Waals surface area contributed by atoms with Gasteiger partial charge in [-0.15, -0.1) is 0 Å². The van der Waals surface area contributed by atoms with Gasteiger partial charge < -0.3 is 14.9 Å². The summed E-state index contributed by atoms with van der Waals surface area (Å²) < 4.78 is 5.06. The van der Waals surface area contributed by atoms with Crippen LogP contribution >= 0.6 is 0 Å². The number of aliphatic hydroxyl groups is 2. The minimum Gasteiger partial charge on any atom is -0.443 e. The Hall–Kier alpha value is -0.910. The fourth-order valence-corrected chi connectivity index (χ4v) is 1.01. The molecule has 1 unspecified atom stereocenters. The van der Waals surface area contributed by atoms with Crippen molar-refractivity contribution in [1.82, 2.24) is 4.90 Å². The average Bonchev–Trinajstić information content (AvgIpc) is 2.19. The van der Waals surface area contributed by atoms with Crippen LogP contribution < -0.4 is 0 Å². The zero-order chi connectivity index (χ0) is 11.8. The summed E-state index contributed by atoms with van der Waals surface area (Å²) in [5, 5.41) is 17.9. The summed E-state index contributed by atoms with van der Waals surface area (Å²) in [6, 6.07) is 0. The van der Waals surface area contributed by atoms with E-state index in [0.717, 1.165) is 6.42 Å². The number of rotatable bonds is 7. The number of carbonyl (C=O) groups is 1. The van der Waals surface area contributed by atoms with Gasteiger partial charge in [-0.3, -0.25) is 0 Å². The van der Waals surface area contributed by atoms with Crippen LogP contribution in [0.2, 0.25) is 0 Å². The van der Waals surface area contributed by atoms with Crippen LogP contribution in [0, 0.1) is 0 Å². The van der Waals surface area contributed by atoms with Gasteiger partial charge in [0.1, 0.15) is 13.5 Å². The molecule has 5 heteroatoms. The van der Waals surface area contributed by atoms with E-state index in [1.54, 1.807) is 6.92 Å². The molecule has 0 aromatic carbocycles. The van der Waals surface area contributed by atoms with Crippen molar-refractivity contribution in [3.63, 3.8) is 0 Å². The highest BCUT2D eigenvalue weighted by molar-refractivity contribution is 5.87. The minimum atomic E-state index is -0.603. The fraction of sp³-hybridized carbons (Fsp3) is 0.700. The molecule has 0 saturated heterocycles. The zero-order valence-electron chi connectivity index (χ0n) is 9.27. The van der Waals surface area contributed by atoms with E-state index in [2.05, 4.69) is 6.58 Å². The molecule has 1 atom stereocenters. The van der Waals surface area contributed by atoms with Crippen molar-refractivity contribution in [2.45, 2.75) is 32.9 Å². The maximum atomic E-state index is 11.3. The first-order valence-corrected chi connectivity index (χ1v) is 4.89. The van der Waals surface area contributed by atoms with Gasteiger partial charge in [0.2, 0.25) is 0 Å². The van der Waals surface area contributed by atoms with Gasteiger partial charge in [-0.2, -0.15) is 0 Å². The molecular formula is C10H19NO4. The normalized spacial score (nSPS) is 12.6. The predicted molar refractivity (Wildman–Crippen MR) is 55.6 cm³/mol. The summed E-state index contributed by atoms with van der Waals surface area (Å²) in [6.07, 6.45) is 0.735. The van der Waals surface area contributed by atoms with Crippen LogP contribution in [0.15, 0.2) is 12.2 Å². The summed E-state index contributed by atoms with van der Waals surface area (Å²) in [6.45, 7) is 6.22. The lowest BCUT2D eigenvalue weighted by Gasteiger charge is -2.27. The van der Waals surface area contributed by atoms with Crippen LogP contribution in [-0.2, 0) is 9.53 Å². The Bertz CT molecular complexity index is 213. The second-order valence-corrected chi connectivity index (χ2v) is 3.30. The topological polar surface area (TPSA) is 70.0 Å². The van der Waals surface area contributed by atoms with E-state index < -0.39 is 12.2 Å². The van der Waals surface area contributed by atoms with E-state index in [-0.39, 0.29) is 13.5 Å². The number of nitrogens with zero attached hydrogens (tertiary/aromatic N) is 1. The maximum absolute atomic E-state index is 11.3. The van der Waals surface area contributed by atoms with Crippen molar-refractivity contribution in [3.05, 3.63) is 12.2 Å². The summed E-state index contributed by atoms with van der Waals surface area (Å²) in [4.78, 5) is 12.5. The monoisotopic (exact) mass is 217 g/mol. The molecule has 5 nitrogen and oxygen atoms in total. The van der Waals surface area contributed by atoms with E-state index in [9.17, 15) is 4.79 Å². The maximum Gasteiger partial charge on any atom is 0.334 e. The molecular weight excluding hydrogens is 198 g/mol. The van der Waals surface area contributed by atoms with Crippen molar-refractivity contribution in [3.8, 4) is 0 Å². The molecule has 0 aromatic heterocycles. The number of hydrogen-bond acceptors (Lipinski definition) is 5. The van der Waals surface area contributed by atoms with Crippen LogP contribution in [0.5, 0.6) is 0 Å². The van der Waals surface area contributed by atoms with Gasteiger partial charge in [0, 0.05) is 5.57 Å². The number of esters is 1. The molecule has 0 heterocycles. The summed E-state index contributed by atoms with van der Waals surface area (Å²) in [5.41, 5.74) is 0.298. The van der Waals surface area contributed by atoms with Crippen molar-refractivity contribution >= 4 is 5.97 Å². The van der Waals surface area contributed by atoms with Crippen molar-refractivity contribution in [2.24, 2.45) is 0 Å². The van der Waals surface area contributed by atoms with Crippen LogP contribution in [0.25, 0.3) is 0 Å². The standard InChI is InChI=1S/C10H19NO4/c1-4-5-9(11(6-12)7-13)15-10(14)8(2)3/h9,12-13H,2,4-7H2,1,3H3. The third-order valence-corrected chi connectivity index (χ3v) is 1.90. The number of hydrogen-bond donors (Lipinski definition) is 2. The second kappa shape index (κ2) is 7.39. The predicted octanol–water partition coefficient (Wildman–Crippen LogP) is 0.433. The molecule has 15 heavy (non-hydrogen) atoms. The summed E-state index contributed by atoms with van der Waals surface area (Å²) in [5.74, 6) is -0.514. The molecule has 88 valence electrons. The highest BCUT2D eigenvalue weighted by Gasteiger charge is 2.20. The first kappa shape index (κ1) is 14.1. The molecule has 0 saturated carbocycles. The van der Waals surface area contributed by atoms with Crippen LogP contribution in [0.3, 0.4) is 0 Å². The van der Waals surface area contributed by atoms with Crippen molar-refractivity contribution in [1.29, 1.82) is 0 Å². The number of carbonyl (C=O) groups excluding carboxylic acids is 1. The smallest absolute Gasteiger partial charge is 0.334 e. The highest BCUT2D eigenvalue weighted by atomic mass is 16.6. The molecule has 0 fully saturated rings. The van der Waals surface area contributed by atoms with Gasteiger partial charge in [-0.05, 0) is 13.3 Å². The Balaban J connectivity index is 4.37. The Morgan fingerprint density at radius 2 is 2.00 bits per heavy atom. The van der Waals surface area contributed by atoms with Gasteiger partial charge in [0.25, 0.3) is 0 Å². The lowest BCUT2D eigenvalue weighted by Crippen LogP contribution is -2.40. The number of aliphatic hydroxyl groups excluding tert-OH is 2. The molecule has 0 rings (SSSR count). The van der Waals surface area contributed by atoms with Gasteiger partial charge in [-0.1, -0.05) is 19.9 Å². The van der Waals surface area contributed by atoms with E-state index in [0.29, 0.717) is 12.0 Å². The minimum absolute atomic E-state index is 0.298. The largest absolute Gasteiger partial charge is 0.443 e. The molecule has 0 aliphatic heterocycles. The molecule has 0 amide bonds. The van der Waals surface area contributed by atoms with E-state index in [1.807, 2.05) is 6.92 Å². The number of ether oxygens (including phenoxy) is 1. The van der Waals surface area contributed by atoms with Gasteiger partial charge in [0.05, 0.1) is 0 Å². The van der Waals surface area contributed by atoms with Crippen molar-refractivity contribution < 1.29 is 19.7 Å². The van der Waals surface area contributed by atoms with E-state index in [4.69, 9.17) is 14.9 Å². The lowest BCUT2D eigenvalue weighted by molar-refractivity contribution is -0.165. The molecule has 0 aliphatic carbocycles. The Labute approximate surface area is 90.0 Å². The Morgan fingerprint density at radius 3 is 2.33 bits per heavy atom. The van der Waals surface area contributed by atoms with E-state index in [1.165, 1.54) is 4.90 Å². The Kier molecular flexibility index (Phi) is 6.94. The molecule has 0 aromatic rings. The Morgan fingerprint density at radius 1 is 1.47 bits per heavy atom. The molecule has 2 N–H and O–H groups in total. The zero-order valence-corrected chi connectivity index (χ0v) is 9.27. The van der Waals surface area contributed by atoms with Gasteiger partial charge >= 0.3 is 5.97 Å². The average molecular weight is 217 g/mol. The SMILES string of the molecule is C=C(C)C(=O)OC(CCC)N(CO)CO. The van der Waals surface area contributed by atoms with Crippen LogP contribution in [0.4, 0.5) is 0 Å². The van der Waals surface area contributed by atoms with E-state index >= 15 is 0 Å². The third-order valence-electron chi connectivity index (χ3n) is 1.90. The molecule has 0 spiro atoms. The third kappa shape index (κ3) is 4.92. The first-order valence-electron chi connectivity index (χ1n) is 4.89. The van der Waals surface area contributed by atoms with Gasteiger partial charge in [-0.25, -0.2) is 9.69 Å². The quantitative estimate of drug-likeness (QED) is 0.368. The van der Waals surface area contributed by atoms with Crippen LogP contribution in [0.1, 0.15) is 26.7 Å². The summed E-state index contributed by atoms with van der Waals surface area (Å²) >= 11 is 0.